The maximum atomic E-state index is 3.53. The Kier molecular flexibility index (Phi) is 5.78. The van der Waals surface area contributed by atoms with Crippen molar-refractivity contribution in [1.29, 1.82) is 0 Å². The van der Waals surface area contributed by atoms with Gasteiger partial charge in [-0.3, -0.25) is 0 Å². The lowest BCUT2D eigenvalue weighted by Crippen LogP contribution is -2.32. The van der Waals surface area contributed by atoms with Crippen molar-refractivity contribution in [3.63, 3.8) is 0 Å². The van der Waals surface area contributed by atoms with Crippen LogP contribution in [0.5, 0.6) is 0 Å². The van der Waals surface area contributed by atoms with E-state index in [0.29, 0.717) is 11.8 Å². The van der Waals surface area contributed by atoms with Crippen LogP contribution in [0.1, 0.15) is 48.6 Å². The normalized spacial score (nSPS) is 21.9. The van der Waals surface area contributed by atoms with E-state index in [1.165, 1.54) is 72.3 Å². The Hall–Kier alpha value is -2.50. The summed E-state index contributed by atoms with van der Waals surface area (Å²) in [6, 6.07) is 14.2. The Labute approximate surface area is 204 Å². The van der Waals surface area contributed by atoms with Crippen LogP contribution < -0.4 is 20.4 Å². The van der Waals surface area contributed by atoms with Gasteiger partial charge in [0.2, 0.25) is 0 Å². The predicted octanol–water partition coefficient (Wildman–Crippen LogP) is 4.95. The number of hydrogen-bond acceptors (Lipinski definition) is 4. The summed E-state index contributed by atoms with van der Waals surface area (Å²) in [6.45, 7) is 5.75. The van der Waals surface area contributed by atoms with E-state index in [2.05, 4.69) is 88.7 Å². The highest BCUT2D eigenvalue weighted by atomic mass is 15.1. The quantitative estimate of drug-likeness (QED) is 0.581. The fourth-order valence-corrected chi connectivity index (χ4v) is 6.75. The summed E-state index contributed by atoms with van der Waals surface area (Å²) in [7, 11) is 6.67. The van der Waals surface area contributed by atoms with Gasteiger partial charge in [0.1, 0.15) is 0 Å². The average Bonchev–Trinajstić information content (AvgIpc) is 3.40. The van der Waals surface area contributed by atoms with Crippen LogP contribution in [0.4, 0.5) is 17.1 Å². The van der Waals surface area contributed by atoms with Gasteiger partial charge in [0.25, 0.3) is 0 Å². The Balaban J connectivity index is 1.31. The van der Waals surface area contributed by atoms with Crippen LogP contribution in [-0.4, -0.2) is 51.4 Å². The first-order valence-corrected chi connectivity index (χ1v) is 13.2. The molecule has 5 heteroatoms. The van der Waals surface area contributed by atoms with Gasteiger partial charge in [-0.2, -0.15) is 0 Å². The third kappa shape index (κ3) is 3.79. The number of likely N-dealkylation sites (N-methyl/N-ethyl adjacent to an activating group) is 1. The number of anilines is 3. The molecule has 2 fully saturated rings. The van der Waals surface area contributed by atoms with Crippen molar-refractivity contribution in [3.05, 3.63) is 53.7 Å². The summed E-state index contributed by atoms with van der Waals surface area (Å²) >= 11 is 0. The SMILES string of the molecule is CN1CC(C2CCNCC2)c2ccc(N(C)c3ccc4c(c3)c(C3CCNCC3)cn4C)cc21. The average molecular weight is 458 g/mol. The predicted molar refractivity (Wildman–Crippen MR) is 144 cm³/mol. The number of hydrogen-bond donors (Lipinski definition) is 2. The van der Waals surface area contributed by atoms with E-state index in [-0.39, 0.29) is 0 Å². The molecule has 6 rings (SSSR count). The summed E-state index contributed by atoms with van der Waals surface area (Å²) in [4.78, 5) is 4.85. The van der Waals surface area contributed by atoms with Crippen molar-refractivity contribution < 1.29 is 0 Å². The molecule has 0 spiro atoms. The standard InChI is InChI=1S/C29H39N5/c1-32-19-27(21-10-14-31-15-11-21)25-16-22(5-7-28(25)32)34(3)23-4-6-24-26(18-33(2)29(24)17-23)20-8-12-30-13-9-20/h4-7,16-17,19-21,26,30-31H,8-15,18H2,1-3H3. The van der Waals surface area contributed by atoms with Crippen LogP contribution in [0.2, 0.25) is 0 Å². The van der Waals surface area contributed by atoms with Gasteiger partial charge in [-0.1, -0.05) is 6.07 Å². The number of aryl methyl sites for hydroxylation is 1. The fraction of sp³-hybridized carbons (Fsp3) is 0.517. The maximum absolute atomic E-state index is 3.53. The molecular formula is C29H39N5. The molecule has 0 saturated carbocycles. The lowest BCUT2D eigenvalue weighted by atomic mass is 9.81. The Morgan fingerprint density at radius 2 is 1.50 bits per heavy atom. The molecule has 1 unspecified atom stereocenters. The van der Waals surface area contributed by atoms with Gasteiger partial charge in [0.15, 0.2) is 0 Å². The maximum Gasteiger partial charge on any atom is 0.0482 e. The molecule has 3 aliphatic heterocycles. The van der Waals surface area contributed by atoms with Crippen molar-refractivity contribution in [1.82, 2.24) is 15.2 Å². The first-order chi connectivity index (χ1) is 16.6. The molecule has 0 amide bonds. The van der Waals surface area contributed by atoms with E-state index in [1.807, 2.05) is 0 Å². The second-order valence-electron chi connectivity index (χ2n) is 10.8. The number of rotatable bonds is 4. The summed E-state index contributed by atoms with van der Waals surface area (Å²) in [5, 5.41) is 8.47. The molecule has 4 heterocycles. The molecule has 0 radical (unpaired) electrons. The van der Waals surface area contributed by atoms with Crippen LogP contribution in [0.3, 0.4) is 0 Å². The van der Waals surface area contributed by atoms with E-state index in [0.717, 1.165) is 25.6 Å². The topological polar surface area (TPSA) is 35.5 Å². The van der Waals surface area contributed by atoms with Crippen molar-refractivity contribution in [2.24, 2.45) is 13.0 Å². The van der Waals surface area contributed by atoms with Gasteiger partial charge < -0.3 is 25.0 Å². The van der Waals surface area contributed by atoms with Crippen LogP contribution in [0.15, 0.2) is 42.6 Å². The minimum absolute atomic E-state index is 0.658. The highest BCUT2D eigenvalue weighted by Gasteiger charge is 2.33. The second-order valence-corrected chi connectivity index (χ2v) is 10.8. The summed E-state index contributed by atoms with van der Waals surface area (Å²) in [5.74, 6) is 2.14. The van der Waals surface area contributed by atoms with Crippen molar-refractivity contribution >= 4 is 28.0 Å². The highest BCUT2D eigenvalue weighted by Crippen LogP contribution is 2.44. The van der Waals surface area contributed by atoms with E-state index in [9.17, 15) is 0 Å². The monoisotopic (exact) mass is 457 g/mol. The van der Waals surface area contributed by atoms with Gasteiger partial charge in [-0.25, -0.2) is 0 Å². The van der Waals surface area contributed by atoms with Crippen molar-refractivity contribution in [3.8, 4) is 0 Å². The summed E-state index contributed by atoms with van der Waals surface area (Å²) in [5.41, 5.74) is 8.37. The van der Waals surface area contributed by atoms with Gasteiger partial charge in [0, 0.05) is 67.8 Å². The lowest BCUT2D eigenvalue weighted by Gasteiger charge is -2.28. The van der Waals surface area contributed by atoms with Gasteiger partial charge in [-0.05, 0) is 105 Å². The zero-order valence-electron chi connectivity index (χ0n) is 21.0. The molecular weight excluding hydrogens is 418 g/mol. The molecule has 3 aromatic rings. The third-order valence-electron chi connectivity index (χ3n) is 8.81. The first-order valence-electron chi connectivity index (χ1n) is 13.2. The van der Waals surface area contributed by atoms with Crippen molar-refractivity contribution in [2.45, 2.75) is 37.5 Å². The molecule has 180 valence electrons. The first kappa shape index (κ1) is 22.0. The minimum atomic E-state index is 0.658. The van der Waals surface area contributed by atoms with Gasteiger partial charge in [-0.15, -0.1) is 0 Å². The van der Waals surface area contributed by atoms with Crippen molar-refractivity contribution in [2.75, 3.05) is 56.6 Å². The molecule has 1 atom stereocenters. The number of aromatic nitrogens is 1. The molecule has 3 aliphatic rings. The largest absolute Gasteiger partial charge is 0.374 e. The number of benzene rings is 2. The summed E-state index contributed by atoms with van der Waals surface area (Å²) in [6.07, 6.45) is 7.44. The summed E-state index contributed by atoms with van der Waals surface area (Å²) < 4.78 is 2.31. The molecule has 34 heavy (non-hydrogen) atoms. The van der Waals surface area contributed by atoms with E-state index in [4.69, 9.17) is 0 Å². The third-order valence-corrected chi connectivity index (χ3v) is 8.81. The zero-order valence-corrected chi connectivity index (χ0v) is 21.0. The smallest absolute Gasteiger partial charge is 0.0482 e. The van der Waals surface area contributed by atoms with Gasteiger partial charge in [0.05, 0.1) is 0 Å². The molecule has 2 aromatic carbocycles. The molecule has 1 aromatic heterocycles. The highest BCUT2D eigenvalue weighted by molar-refractivity contribution is 5.89. The lowest BCUT2D eigenvalue weighted by molar-refractivity contribution is 0.327. The van der Waals surface area contributed by atoms with Crippen LogP contribution in [-0.2, 0) is 7.05 Å². The molecule has 2 N–H and O–H groups in total. The molecule has 5 nitrogen and oxygen atoms in total. The zero-order chi connectivity index (χ0) is 23.2. The number of nitrogens with one attached hydrogen (secondary N) is 2. The molecule has 0 bridgehead atoms. The number of nitrogens with zero attached hydrogens (tertiary/aromatic N) is 3. The van der Waals surface area contributed by atoms with E-state index >= 15 is 0 Å². The van der Waals surface area contributed by atoms with Crippen LogP contribution in [0.25, 0.3) is 10.9 Å². The molecule has 0 aliphatic carbocycles. The van der Waals surface area contributed by atoms with Gasteiger partial charge >= 0.3 is 0 Å². The van der Waals surface area contributed by atoms with Crippen LogP contribution >= 0.6 is 0 Å². The Morgan fingerprint density at radius 1 is 0.824 bits per heavy atom. The minimum Gasteiger partial charge on any atom is -0.374 e. The van der Waals surface area contributed by atoms with Crippen LogP contribution in [0, 0.1) is 5.92 Å². The second kappa shape index (κ2) is 8.94. The molecule has 2 saturated heterocycles. The Bertz CT molecular complexity index is 1170. The fourth-order valence-electron chi connectivity index (χ4n) is 6.75. The Morgan fingerprint density at radius 3 is 2.26 bits per heavy atom. The number of fused-ring (bicyclic) bond motifs is 2. The van der Waals surface area contributed by atoms with E-state index < -0.39 is 0 Å². The number of piperidine rings is 2. The van der Waals surface area contributed by atoms with E-state index in [1.54, 1.807) is 5.56 Å².